The molecule has 1 heterocycles. The van der Waals surface area contributed by atoms with Crippen LogP contribution in [0, 0.1) is 0 Å². The van der Waals surface area contributed by atoms with Crippen molar-refractivity contribution in [3.8, 4) is 11.3 Å². The molecular formula is C12H15N3. The predicted octanol–water partition coefficient (Wildman–Crippen LogP) is 2.54. The van der Waals surface area contributed by atoms with Crippen LogP contribution in [0.2, 0.25) is 0 Å². The number of nitrogens with zero attached hydrogens (tertiary/aromatic N) is 2. The molecule has 0 saturated heterocycles. The Morgan fingerprint density at radius 3 is 2.67 bits per heavy atom. The molecule has 0 radical (unpaired) electrons. The van der Waals surface area contributed by atoms with Gasteiger partial charge in [0.1, 0.15) is 5.82 Å². The molecule has 1 aromatic carbocycles. The molecule has 0 aliphatic rings. The monoisotopic (exact) mass is 201 g/mol. The van der Waals surface area contributed by atoms with Crippen LogP contribution < -0.4 is 5.73 Å². The molecule has 0 spiro atoms. The Hall–Kier alpha value is -1.77. The highest BCUT2D eigenvalue weighted by Gasteiger charge is 2.05. The van der Waals surface area contributed by atoms with Gasteiger partial charge in [-0.15, -0.1) is 0 Å². The second-order valence-corrected chi connectivity index (χ2v) is 3.54. The van der Waals surface area contributed by atoms with E-state index in [1.807, 2.05) is 41.1 Å². The van der Waals surface area contributed by atoms with Crippen molar-refractivity contribution in [1.82, 2.24) is 9.78 Å². The lowest BCUT2D eigenvalue weighted by Gasteiger charge is -1.99. The zero-order valence-corrected chi connectivity index (χ0v) is 8.85. The van der Waals surface area contributed by atoms with E-state index < -0.39 is 0 Å². The molecule has 1 aromatic heterocycles. The van der Waals surface area contributed by atoms with Crippen LogP contribution in [0.15, 0.2) is 36.4 Å². The van der Waals surface area contributed by atoms with Gasteiger partial charge in [0, 0.05) is 18.2 Å². The third kappa shape index (κ3) is 2.01. The molecule has 0 amide bonds. The van der Waals surface area contributed by atoms with Gasteiger partial charge in [-0.3, -0.25) is 0 Å². The van der Waals surface area contributed by atoms with Crippen LogP contribution in [0.3, 0.4) is 0 Å². The van der Waals surface area contributed by atoms with Gasteiger partial charge in [0.15, 0.2) is 0 Å². The SMILES string of the molecule is CCCn1nc(-c2ccccc2)cc1N. The molecule has 2 rings (SSSR count). The minimum atomic E-state index is 0.732. The van der Waals surface area contributed by atoms with Crippen molar-refractivity contribution in [3.05, 3.63) is 36.4 Å². The van der Waals surface area contributed by atoms with E-state index in [-0.39, 0.29) is 0 Å². The number of aromatic nitrogens is 2. The molecule has 0 saturated carbocycles. The van der Waals surface area contributed by atoms with Crippen LogP contribution in [0.25, 0.3) is 11.3 Å². The fraction of sp³-hybridized carbons (Fsp3) is 0.250. The largest absolute Gasteiger partial charge is 0.384 e. The zero-order valence-electron chi connectivity index (χ0n) is 8.85. The number of nitrogens with two attached hydrogens (primary N) is 1. The zero-order chi connectivity index (χ0) is 10.7. The van der Waals surface area contributed by atoms with E-state index in [9.17, 15) is 0 Å². The van der Waals surface area contributed by atoms with E-state index in [1.165, 1.54) is 0 Å². The highest BCUT2D eigenvalue weighted by Crippen LogP contribution is 2.19. The lowest BCUT2D eigenvalue weighted by atomic mass is 10.2. The number of aryl methyl sites for hydroxylation is 1. The van der Waals surface area contributed by atoms with Gasteiger partial charge < -0.3 is 5.73 Å². The third-order valence-electron chi connectivity index (χ3n) is 2.32. The van der Waals surface area contributed by atoms with E-state index in [1.54, 1.807) is 0 Å². The van der Waals surface area contributed by atoms with E-state index in [4.69, 9.17) is 5.73 Å². The standard InChI is InChI=1S/C12H15N3/c1-2-8-15-12(13)9-11(14-15)10-6-4-3-5-7-10/h3-7,9H,2,8,13H2,1H3. The van der Waals surface area contributed by atoms with Crippen molar-refractivity contribution < 1.29 is 0 Å². The first kappa shape index (κ1) is 9.77. The van der Waals surface area contributed by atoms with Crippen molar-refractivity contribution in [1.29, 1.82) is 0 Å². The average molecular weight is 201 g/mol. The Bertz CT molecular complexity index is 431. The number of anilines is 1. The number of nitrogen functional groups attached to an aromatic ring is 1. The first-order valence-corrected chi connectivity index (χ1v) is 5.20. The van der Waals surface area contributed by atoms with Gasteiger partial charge in [-0.2, -0.15) is 5.10 Å². The first-order chi connectivity index (χ1) is 7.31. The summed E-state index contributed by atoms with van der Waals surface area (Å²) in [7, 11) is 0. The molecule has 0 bridgehead atoms. The summed E-state index contributed by atoms with van der Waals surface area (Å²) in [5, 5.41) is 4.46. The first-order valence-electron chi connectivity index (χ1n) is 5.20. The van der Waals surface area contributed by atoms with E-state index >= 15 is 0 Å². The fourth-order valence-corrected chi connectivity index (χ4v) is 1.57. The van der Waals surface area contributed by atoms with Gasteiger partial charge in [-0.05, 0) is 6.42 Å². The van der Waals surface area contributed by atoms with E-state index in [0.29, 0.717) is 0 Å². The molecule has 0 atom stereocenters. The number of rotatable bonds is 3. The Kier molecular flexibility index (Phi) is 2.72. The maximum absolute atomic E-state index is 5.87. The molecule has 78 valence electrons. The molecule has 0 unspecified atom stereocenters. The number of benzene rings is 1. The summed E-state index contributed by atoms with van der Waals surface area (Å²) in [6.07, 6.45) is 1.04. The molecule has 0 aliphatic heterocycles. The molecule has 15 heavy (non-hydrogen) atoms. The van der Waals surface area contributed by atoms with Gasteiger partial charge in [0.25, 0.3) is 0 Å². The highest BCUT2D eigenvalue weighted by atomic mass is 15.3. The third-order valence-corrected chi connectivity index (χ3v) is 2.32. The normalized spacial score (nSPS) is 10.5. The smallest absolute Gasteiger partial charge is 0.122 e. The molecule has 0 aliphatic carbocycles. The molecule has 2 aromatic rings. The number of hydrogen-bond donors (Lipinski definition) is 1. The van der Waals surface area contributed by atoms with Crippen molar-refractivity contribution in [3.63, 3.8) is 0 Å². The molecular weight excluding hydrogens is 186 g/mol. The quantitative estimate of drug-likeness (QED) is 0.829. The second-order valence-electron chi connectivity index (χ2n) is 3.54. The van der Waals surface area contributed by atoms with E-state index in [0.717, 1.165) is 30.0 Å². The maximum atomic E-state index is 5.87. The Morgan fingerprint density at radius 2 is 2.00 bits per heavy atom. The van der Waals surface area contributed by atoms with Crippen molar-refractivity contribution in [2.24, 2.45) is 0 Å². The predicted molar refractivity (Wildman–Crippen MR) is 62.4 cm³/mol. The van der Waals surface area contributed by atoms with Gasteiger partial charge >= 0.3 is 0 Å². The van der Waals surface area contributed by atoms with Crippen LogP contribution in [0.4, 0.5) is 5.82 Å². The summed E-state index contributed by atoms with van der Waals surface area (Å²) in [5.41, 5.74) is 7.92. The van der Waals surface area contributed by atoms with Gasteiger partial charge in [0.05, 0.1) is 5.69 Å². The van der Waals surface area contributed by atoms with Gasteiger partial charge in [0.2, 0.25) is 0 Å². The maximum Gasteiger partial charge on any atom is 0.122 e. The topological polar surface area (TPSA) is 43.8 Å². The molecule has 2 N–H and O–H groups in total. The molecule has 0 fully saturated rings. The van der Waals surface area contributed by atoms with Crippen LogP contribution in [-0.4, -0.2) is 9.78 Å². The summed E-state index contributed by atoms with van der Waals surface area (Å²) in [6.45, 7) is 2.99. The molecule has 3 nitrogen and oxygen atoms in total. The summed E-state index contributed by atoms with van der Waals surface area (Å²) >= 11 is 0. The lowest BCUT2D eigenvalue weighted by molar-refractivity contribution is 0.613. The summed E-state index contributed by atoms with van der Waals surface area (Å²) in [4.78, 5) is 0. The molecule has 3 heteroatoms. The minimum absolute atomic E-state index is 0.732. The fourth-order valence-electron chi connectivity index (χ4n) is 1.57. The van der Waals surface area contributed by atoms with Crippen molar-refractivity contribution in [2.75, 3.05) is 5.73 Å². The summed E-state index contributed by atoms with van der Waals surface area (Å²) in [5.74, 6) is 0.732. The minimum Gasteiger partial charge on any atom is -0.384 e. The van der Waals surface area contributed by atoms with Crippen LogP contribution >= 0.6 is 0 Å². The second kappa shape index (κ2) is 4.17. The Labute approximate surface area is 89.5 Å². The van der Waals surface area contributed by atoms with E-state index in [2.05, 4.69) is 12.0 Å². The van der Waals surface area contributed by atoms with Gasteiger partial charge in [-0.1, -0.05) is 37.3 Å². The van der Waals surface area contributed by atoms with Crippen LogP contribution in [-0.2, 0) is 6.54 Å². The van der Waals surface area contributed by atoms with Gasteiger partial charge in [-0.25, -0.2) is 4.68 Å². The highest BCUT2D eigenvalue weighted by molar-refractivity contribution is 5.61. The average Bonchev–Trinajstić information content (AvgIpc) is 2.63. The van der Waals surface area contributed by atoms with Crippen LogP contribution in [0.1, 0.15) is 13.3 Å². The van der Waals surface area contributed by atoms with Crippen molar-refractivity contribution in [2.45, 2.75) is 19.9 Å². The summed E-state index contributed by atoms with van der Waals surface area (Å²) in [6, 6.07) is 12.0. The Balaban J connectivity index is 2.34. The Morgan fingerprint density at radius 1 is 1.27 bits per heavy atom. The van der Waals surface area contributed by atoms with Crippen LogP contribution in [0.5, 0.6) is 0 Å². The number of hydrogen-bond acceptors (Lipinski definition) is 2. The lowest BCUT2D eigenvalue weighted by Crippen LogP contribution is -2.03. The van der Waals surface area contributed by atoms with Crippen molar-refractivity contribution >= 4 is 5.82 Å². The summed E-state index contributed by atoms with van der Waals surface area (Å²) < 4.78 is 1.85.